The number of hydrogen-bond donors (Lipinski definition) is 0. The molecule has 0 spiro atoms. The van der Waals surface area contributed by atoms with Gasteiger partial charge in [-0.3, -0.25) is 4.57 Å². The highest BCUT2D eigenvalue weighted by Crippen LogP contribution is 2.39. The monoisotopic (exact) mass is 261 g/mol. The van der Waals surface area contributed by atoms with Crippen LogP contribution in [0.5, 0.6) is 0 Å². The molecule has 0 atom stereocenters. The maximum absolute atomic E-state index is 6.11. The van der Waals surface area contributed by atoms with Gasteiger partial charge in [0, 0.05) is 5.92 Å². The van der Waals surface area contributed by atoms with Gasteiger partial charge in [-0.1, -0.05) is 31.2 Å². The van der Waals surface area contributed by atoms with E-state index in [-0.39, 0.29) is 0 Å². The number of benzene rings is 1. The van der Waals surface area contributed by atoms with Gasteiger partial charge in [-0.15, -0.1) is 10.2 Å². The first-order chi connectivity index (χ1) is 8.78. The van der Waals surface area contributed by atoms with E-state index in [1.807, 2.05) is 4.57 Å². The molecule has 1 aliphatic carbocycles. The highest BCUT2D eigenvalue weighted by molar-refractivity contribution is 6.28. The van der Waals surface area contributed by atoms with Crippen molar-refractivity contribution in [1.29, 1.82) is 0 Å². The quantitative estimate of drug-likeness (QED) is 0.844. The van der Waals surface area contributed by atoms with Crippen molar-refractivity contribution in [3.05, 3.63) is 46.5 Å². The average molecular weight is 262 g/mol. The van der Waals surface area contributed by atoms with Crippen molar-refractivity contribution in [2.24, 2.45) is 0 Å². The number of nitrogens with zero attached hydrogens (tertiary/aromatic N) is 3. The van der Waals surface area contributed by atoms with E-state index in [9.17, 15) is 0 Å². The van der Waals surface area contributed by atoms with Crippen molar-refractivity contribution in [2.45, 2.75) is 38.6 Å². The van der Waals surface area contributed by atoms with Crippen molar-refractivity contribution < 1.29 is 0 Å². The summed E-state index contributed by atoms with van der Waals surface area (Å²) in [6.45, 7) is 2.93. The summed E-state index contributed by atoms with van der Waals surface area (Å²) in [6.07, 6.45) is 3.49. The molecule has 1 aromatic heterocycles. The van der Waals surface area contributed by atoms with Gasteiger partial charge >= 0.3 is 0 Å². The summed E-state index contributed by atoms with van der Waals surface area (Å²) in [7, 11) is 0. The second kappa shape index (κ2) is 4.73. The standard InChI is InChI=1S/C14H16ClN3/c1-2-10-3-5-11(6-4-10)9-18-13(12-7-8-12)16-17-14(18)15/h3-6,12H,2,7-9H2,1H3. The number of aryl methyl sites for hydroxylation is 1. The fraction of sp³-hybridized carbons (Fsp3) is 0.429. The van der Waals surface area contributed by atoms with Crippen LogP contribution in [-0.2, 0) is 13.0 Å². The Morgan fingerprint density at radius 3 is 2.44 bits per heavy atom. The Bertz CT molecular complexity index is 541. The predicted octanol–water partition coefficient (Wildman–Crippen LogP) is 3.42. The molecule has 0 amide bonds. The van der Waals surface area contributed by atoms with Gasteiger partial charge in [0.2, 0.25) is 5.28 Å². The summed E-state index contributed by atoms with van der Waals surface area (Å²) in [5.74, 6) is 1.61. The Hall–Kier alpha value is -1.35. The minimum absolute atomic E-state index is 0.497. The first-order valence-electron chi connectivity index (χ1n) is 6.44. The number of aromatic nitrogens is 3. The van der Waals surface area contributed by atoms with Gasteiger partial charge in [0.05, 0.1) is 6.54 Å². The molecule has 4 heteroatoms. The van der Waals surface area contributed by atoms with Gasteiger partial charge < -0.3 is 0 Å². The third-order valence-corrected chi connectivity index (χ3v) is 3.73. The average Bonchev–Trinajstić information content (AvgIpc) is 3.17. The molecular formula is C14H16ClN3. The second-order valence-corrected chi connectivity index (χ2v) is 5.20. The molecule has 1 fully saturated rings. The number of hydrogen-bond acceptors (Lipinski definition) is 2. The zero-order valence-corrected chi connectivity index (χ0v) is 11.2. The Kier molecular flexibility index (Phi) is 3.08. The molecule has 94 valence electrons. The fourth-order valence-electron chi connectivity index (χ4n) is 2.15. The Labute approximate surface area is 112 Å². The van der Waals surface area contributed by atoms with Crippen LogP contribution in [0.4, 0.5) is 0 Å². The number of halogens is 1. The van der Waals surface area contributed by atoms with E-state index < -0.39 is 0 Å². The summed E-state index contributed by atoms with van der Waals surface area (Å²) in [6, 6.07) is 8.66. The van der Waals surface area contributed by atoms with E-state index in [0.29, 0.717) is 11.2 Å². The zero-order valence-electron chi connectivity index (χ0n) is 10.4. The second-order valence-electron chi connectivity index (χ2n) is 4.86. The van der Waals surface area contributed by atoms with Crippen molar-refractivity contribution in [3.8, 4) is 0 Å². The summed E-state index contributed by atoms with van der Waals surface area (Å²) in [5, 5.41) is 8.67. The molecule has 1 saturated carbocycles. The lowest BCUT2D eigenvalue weighted by Crippen LogP contribution is -2.04. The molecule has 0 N–H and O–H groups in total. The van der Waals surface area contributed by atoms with Crippen LogP contribution in [0.1, 0.15) is 42.6 Å². The minimum atomic E-state index is 0.497. The predicted molar refractivity (Wildman–Crippen MR) is 71.9 cm³/mol. The van der Waals surface area contributed by atoms with Gasteiger partial charge in [0.25, 0.3) is 0 Å². The normalized spacial score (nSPS) is 15.0. The van der Waals surface area contributed by atoms with Crippen molar-refractivity contribution in [3.63, 3.8) is 0 Å². The lowest BCUT2D eigenvalue weighted by molar-refractivity contribution is 0.727. The summed E-state index contributed by atoms with van der Waals surface area (Å²) < 4.78 is 2.03. The van der Waals surface area contributed by atoms with Crippen LogP contribution < -0.4 is 0 Å². The maximum Gasteiger partial charge on any atom is 0.225 e. The van der Waals surface area contributed by atoms with Crippen LogP contribution in [0, 0.1) is 0 Å². The zero-order chi connectivity index (χ0) is 12.5. The third-order valence-electron chi connectivity index (χ3n) is 3.45. The van der Waals surface area contributed by atoms with E-state index in [0.717, 1.165) is 18.8 Å². The highest BCUT2D eigenvalue weighted by atomic mass is 35.5. The van der Waals surface area contributed by atoms with Crippen molar-refractivity contribution in [2.75, 3.05) is 0 Å². The molecule has 3 nitrogen and oxygen atoms in total. The Morgan fingerprint density at radius 2 is 1.83 bits per heavy atom. The summed E-state index contributed by atoms with van der Waals surface area (Å²) in [5.41, 5.74) is 2.60. The smallest absolute Gasteiger partial charge is 0.225 e. The molecule has 3 rings (SSSR count). The van der Waals surface area contributed by atoms with E-state index in [1.165, 1.54) is 24.0 Å². The molecule has 2 aromatic rings. The minimum Gasteiger partial charge on any atom is -0.297 e. The number of rotatable bonds is 4. The van der Waals surface area contributed by atoms with E-state index in [1.54, 1.807) is 0 Å². The first kappa shape index (κ1) is 11.7. The van der Waals surface area contributed by atoms with Crippen LogP contribution >= 0.6 is 11.6 Å². The van der Waals surface area contributed by atoms with Crippen molar-refractivity contribution in [1.82, 2.24) is 14.8 Å². The molecule has 0 saturated heterocycles. The lowest BCUT2D eigenvalue weighted by atomic mass is 10.1. The SMILES string of the molecule is CCc1ccc(Cn2c(Cl)nnc2C2CC2)cc1. The van der Waals surface area contributed by atoms with Gasteiger partial charge in [0.1, 0.15) is 5.82 Å². The van der Waals surface area contributed by atoms with Crippen LogP contribution in [0.2, 0.25) is 5.28 Å². The van der Waals surface area contributed by atoms with E-state index in [2.05, 4.69) is 41.4 Å². The highest BCUT2D eigenvalue weighted by Gasteiger charge is 2.29. The fourth-order valence-corrected chi connectivity index (χ4v) is 2.33. The third kappa shape index (κ3) is 2.27. The lowest BCUT2D eigenvalue weighted by Gasteiger charge is -2.08. The van der Waals surface area contributed by atoms with Crippen LogP contribution in [0.3, 0.4) is 0 Å². The molecule has 0 radical (unpaired) electrons. The van der Waals surface area contributed by atoms with Crippen molar-refractivity contribution >= 4 is 11.6 Å². The van der Waals surface area contributed by atoms with Gasteiger partial charge in [0.15, 0.2) is 0 Å². The molecule has 1 aromatic carbocycles. The molecule has 18 heavy (non-hydrogen) atoms. The molecule has 1 aliphatic rings. The first-order valence-corrected chi connectivity index (χ1v) is 6.82. The molecule has 0 bridgehead atoms. The Morgan fingerprint density at radius 1 is 1.17 bits per heavy atom. The summed E-state index contributed by atoms with van der Waals surface area (Å²) >= 11 is 6.11. The van der Waals surface area contributed by atoms with Crippen LogP contribution in [0.25, 0.3) is 0 Å². The van der Waals surface area contributed by atoms with Crippen LogP contribution in [0.15, 0.2) is 24.3 Å². The Balaban J connectivity index is 1.84. The van der Waals surface area contributed by atoms with Crippen LogP contribution in [-0.4, -0.2) is 14.8 Å². The molecule has 1 heterocycles. The largest absolute Gasteiger partial charge is 0.297 e. The van der Waals surface area contributed by atoms with Gasteiger partial charge in [-0.2, -0.15) is 0 Å². The van der Waals surface area contributed by atoms with E-state index >= 15 is 0 Å². The topological polar surface area (TPSA) is 30.7 Å². The molecular weight excluding hydrogens is 246 g/mol. The molecule has 0 aliphatic heterocycles. The maximum atomic E-state index is 6.11. The molecule has 0 unspecified atom stereocenters. The van der Waals surface area contributed by atoms with Gasteiger partial charge in [-0.05, 0) is 42.0 Å². The van der Waals surface area contributed by atoms with Gasteiger partial charge in [-0.25, -0.2) is 0 Å². The summed E-state index contributed by atoms with van der Waals surface area (Å²) in [4.78, 5) is 0. The van der Waals surface area contributed by atoms with E-state index in [4.69, 9.17) is 11.6 Å².